The molecule has 0 atom stereocenters. The number of aromatic amines is 1. The summed E-state index contributed by atoms with van der Waals surface area (Å²) in [6.45, 7) is 9.84. The van der Waals surface area contributed by atoms with E-state index in [1.807, 2.05) is 81.8 Å². The van der Waals surface area contributed by atoms with Gasteiger partial charge in [-0.25, -0.2) is 9.36 Å². The number of para-hydroxylation sites is 1. The van der Waals surface area contributed by atoms with E-state index in [1.165, 1.54) is 0 Å². The molecule has 0 amide bonds. The molecule has 0 bridgehead atoms. The van der Waals surface area contributed by atoms with Crippen molar-refractivity contribution in [3.8, 4) is 11.4 Å². The van der Waals surface area contributed by atoms with Gasteiger partial charge in [-0.3, -0.25) is 14.9 Å². The van der Waals surface area contributed by atoms with E-state index in [2.05, 4.69) is 21.3 Å². The van der Waals surface area contributed by atoms with Gasteiger partial charge in [-0.2, -0.15) is 5.10 Å². The summed E-state index contributed by atoms with van der Waals surface area (Å²) in [5, 5.41) is 7.80. The van der Waals surface area contributed by atoms with Crippen LogP contribution in [0.25, 0.3) is 11.4 Å². The zero-order chi connectivity index (χ0) is 21.4. The molecule has 6 nitrogen and oxygen atoms in total. The molecule has 152 valence electrons. The van der Waals surface area contributed by atoms with Gasteiger partial charge in [0.1, 0.15) is 5.69 Å². The van der Waals surface area contributed by atoms with Crippen molar-refractivity contribution in [1.82, 2.24) is 19.6 Å². The molecule has 2 heterocycles. The third kappa shape index (κ3) is 3.41. The van der Waals surface area contributed by atoms with Crippen LogP contribution in [0.4, 0.5) is 5.69 Å². The second-order valence-electron chi connectivity index (χ2n) is 7.61. The fourth-order valence-corrected chi connectivity index (χ4v) is 3.71. The van der Waals surface area contributed by atoms with Crippen LogP contribution in [-0.4, -0.2) is 25.8 Å². The summed E-state index contributed by atoms with van der Waals surface area (Å²) in [5.74, 6) is 0. The topological polar surface area (TPSA) is 68.0 Å². The lowest BCUT2D eigenvalue weighted by Crippen LogP contribution is -2.18. The average molecular weight is 399 g/mol. The van der Waals surface area contributed by atoms with E-state index in [0.29, 0.717) is 5.56 Å². The molecule has 0 spiro atoms. The minimum atomic E-state index is -0.117. The Balaban J connectivity index is 1.73. The largest absolute Gasteiger partial charge is 0.295 e. The van der Waals surface area contributed by atoms with E-state index in [9.17, 15) is 4.79 Å². The number of rotatable bonds is 4. The predicted molar refractivity (Wildman–Crippen MR) is 121 cm³/mol. The fourth-order valence-electron chi connectivity index (χ4n) is 3.71. The molecule has 4 rings (SSSR count). The Hall–Kier alpha value is -3.67. The Kier molecular flexibility index (Phi) is 4.99. The SMILES string of the molecule is Cc1ccc(-n2[nH]c(C)c(C=Nc3c(C)nn(-c4ccccc4)c3C)c2=O)c(C)c1. The Bertz CT molecular complexity index is 1310. The fraction of sp³-hybridized carbons (Fsp3) is 0.208. The molecule has 0 saturated heterocycles. The van der Waals surface area contributed by atoms with Crippen LogP contribution in [0, 0.1) is 34.6 Å². The van der Waals surface area contributed by atoms with Crippen LogP contribution in [0.1, 0.15) is 33.8 Å². The Morgan fingerprint density at radius 1 is 1.00 bits per heavy atom. The summed E-state index contributed by atoms with van der Waals surface area (Å²) in [6.07, 6.45) is 1.64. The zero-order valence-electron chi connectivity index (χ0n) is 17.9. The van der Waals surface area contributed by atoms with Crippen LogP contribution in [-0.2, 0) is 0 Å². The number of hydrogen-bond donors (Lipinski definition) is 1. The van der Waals surface area contributed by atoms with Gasteiger partial charge in [0.05, 0.1) is 28.3 Å². The van der Waals surface area contributed by atoms with Crippen molar-refractivity contribution in [2.24, 2.45) is 4.99 Å². The van der Waals surface area contributed by atoms with E-state index >= 15 is 0 Å². The predicted octanol–water partition coefficient (Wildman–Crippen LogP) is 4.64. The molecular formula is C24H25N5O. The quantitative estimate of drug-likeness (QED) is 0.508. The summed E-state index contributed by atoms with van der Waals surface area (Å²) in [5.41, 5.74) is 7.75. The molecular weight excluding hydrogens is 374 g/mol. The van der Waals surface area contributed by atoms with E-state index in [4.69, 9.17) is 0 Å². The first-order valence-electron chi connectivity index (χ1n) is 9.91. The van der Waals surface area contributed by atoms with Crippen LogP contribution in [0.15, 0.2) is 58.3 Å². The van der Waals surface area contributed by atoms with Gasteiger partial charge in [0.15, 0.2) is 0 Å². The van der Waals surface area contributed by atoms with Gasteiger partial charge in [0.25, 0.3) is 5.56 Å². The van der Waals surface area contributed by atoms with E-state index in [-0.39, 0.29) is 5.56 Å². The maximum absolute atomic E-state index is 13.1. The van der Waals surface area contributed by atoms with Gasteiger partial charge in [-0.15, -0.1) is 0 Å². The first-order valence-corrected chi connectivity index (χ1v) is 9.91. The van der Waals surface area contributed by atoms with Crippen LogP contribution in [0.3, 0.4) is 0 Å². The lowest BCUT2D eigenvalue weighted by molar-refractivity contribution is 0.828. The Morgan fingerprint density at radius 2 is 1.73 bits per heavy atom. The second-order valence-corrected chi connectivity index (χ2v) is 7.61. The van der Waals surface area contributed by atoms with Crippen molar-refractivity contribution in [1.29, 1.82) is 0 Å². The third-order valence-corrected chi connectivity index (χ3v) is 5.29. The Labute approximate surface area is 175 Å². The summed E-state index contributed by atoms with van der Waals surface area (Å²) in [4.78, 5) is 17.7. The van der Waals surface area contributed by atoms with Crippen LogP contribution in [0.5, 0.6) is 0 Å². The van der Waals surface area contributed by atoms with E-state index < -0.39 is 0 Å². The van der Waals surface area contributed by atoms with Crippen molar-refractivity contribution in [2.45, 2.75) is 34.6 Å². The maximum atomic E-state index is 13.1. The van der Waals surface area contributed by atoms with Crippen molar-refractivity contribution in [3.05, 3.63) is 92.7 Å². The summed E-state index contributed by atoms with van der Waals surface area (Å²) in [6, 6.07) is 16.0. The highest BCUT2D eigenvalue weighted by atomic mass is 16.1. The molecule has 0 fully saturated rings. The van der Waals surface area contributed by atoms with Gasteiger partial charge >= 0.3 is 0 Å². The standard InChI is InChI=1S/C24H25N5O/c1-15-11-12-22(16(2)13-15)29-24(30)21(17(3)26-29)14-25-23-18(4)27-28(19(23)5)20-9-7-6-8-10-20/h6-14,26H,1-5H3. The molecule has 2 aromatic carbocycles. The smallest absolute Gasteiger partial charge is 0.280 e. The number of aliphatic imine (C=N–C) groups is 1. The molecule has 30 heavy (non-hydrogen) atoms. The van der Waals surface area contributed by atoms with Gasteiger partial charge in [-0.1, -0.05) is 35.9 Å². The number of benzene rings is 2. The zero-order valence-corrected chi connectivity index (χ0v) is 17.9. The number of H-pyrrole nitrogens is 1. The summed E-state index contributed by atoms with van der Waals surface area (Å²) in [7, 11) is 0. The third-order valence-electron chi connectivity index (χ3n) is 5.29. The van der Waals surface area contributed by atoms with Crippen molar-refractivity contribution >= 4 is 11.9 Å². The van der Waals surface area contributed by atoms with Gasteiger partial charge in [0, 0.05) is 11.9 Å². The highest BCUT2D eigenvalue weighted by Gasteiger charge is 2.15. The van der Waals surface area contributed by atoms with Gasteiger partial charge in [-0.05, 0) is 58.4 Å². The monoisotopic (exact) mass is 399 g/mol. The first kappa shape index (κ1) is 19.6. The van der Waals surface area contributed by atoms with Crippen LogP contribution in [0.2, 0.25) is 0 Å². The van der Waals surface area contributed by atoms with Crippen molar-refractivity contribution < 1.29 is 0 Å². The molecule has 0 saturated carbocycles. The molecule has 0 aliphatic heterocycles. The van der Waals surface area contributed by atoms with E-state index in [0.717, 1.165) is 45.3 Å². The number of hydrogen-bond acceptors (Lipinski definition) is 3. The van der Waals surface area contributed by atoms with Crippen molar-refractivity contribution in [3.63, 3.8) is 0 Å². The Morgan fingerprint density at radius 3 is 2.43 bits per heavy atom. The molecule has 0 radical (unpaired) electrons. The molecule has 2 aromatic heterocycles. The lowest BCUT2D eigenvalue weighted by atomic mass is 10.1. The number of nitrogens with one attached hydrogen (secondary N) is 1. The molecule has 4 aromatic rings. The molecule has 0 aliphatic carbocycles. The number of aryl methyl sites for hydroxylation is 4. The summed E-state index contributed by atoms with van der Waals surface area (Å²) >= 11 is 0. The molecule has 6 heteroatoms. The molecule has 1 N–H and O–H groups in total. The van der Waals surface area contributed by atoms with Crippen LogP contribution < -0.4 is 5.56 Å². The minimum absolute atomic E-state index is 0.117. The minimum Gasteiger partial charge on any atom is -0.295 e. The van der Waals surface area contributed by atoms with E-state index in [1.54, 1.807) is 10.9 Å². The number of nitrogens with zero attached hydrogens (tertiary/aromatic N) is 4. The first-order chi connectivity index (χ1) is 14.4. The van der Waals surface area contributed by atoms with Gasteiger partial charge < -0.3 is 0 Å². The number of aromatic nitrogens is 4. The highest BCUT2D eigenvalue weighted by molar-refractivity contribution is 5.83. The lowest BCUT2D eigenvalue weighted by Gasteiger charge is -2.06. The second kappa shape index (κ2) is 7.63. The van der Waals surface area contributed by atoms with Gasteiger partial charge in [0.2, 0.25) is 0 Å². The average Bonchev–Trinajstić information content (AvgIpc) is 3.16. The molecule has 0 aliphatic rings. The highest BCUT2D eigenvalue weighted by Crippen LogP contribution is 2.25. The normalized spacial score (nSPS) is 11.5. The summed E-state index contributed by atoms with van der Waals surface area (Å²) < 4.78 is 3.46. The molecule has 0 unspecified atom stereocenters. The van der Waals surface area contributed by atoms with Crippen LogP contribution >= 0.6 is 0 Å². The maximum Gasteiger partial charge on any atom is 0.280 e. The van der Waals surface area contributed by atoms with Crippen molar-refractivity contribution in [2.75, 3.05) is 0 Å².